The highest BCUT2D eigenvalue weighted by atomic mass is 32.2. The lowest BCUT2D eigenvalue weighted by atomic mass is 10.1. The first-order valence-corrected chi connectivity index (χ1v) is 8.37. The molecule has 3 rings (SSSR count). The van der Waals surface area contributed by atoms with Gasteiger partial charge in [0.2, 0.25) is 0 Å². The predicted octanol–water partition coefficient (Wildman–Crippen LogP) is 0.398. The Morgan fingerprint density at radius 3 is 2.90 bits per heavy atom. The molecule has 0 spiro atoms. The van der Waals surface area contributed by atoms with Gasteiger partial charge in [0, 0.05) is 25.2 Å². The van der Waals surface area contributed by atoms with Gasteiger partial charge in [-0.1, -0.05) is 12.1 Å². The number of likely N-dealkylation sites (N-methyl/N-ethyl adjacent to an activating group) is 1. The van der Waals surface area contributed by atoms with Crippen molar-refractivity contribution in [3.8, 4) is 0 Å². The number of rotatable bonds is 2. The molecule has 1 aromatic rings. The lowest BCUT2D eigenvalue weighted by Crippen LogP contribution is -2.48. The first-order chi connectivity index (χ1) is 9.97. The summed E-state index contributed by atoms with van der Waals surface area (Å²) in [5.74, 6) is 0.553. The number of sulfonamides is 1. The summed E-state index contributed by atoms with van der Waals surface area (Å²) in [7, 11) is 0.441. The molecule has 1 aromatic carbocycles. The van der Waals surface area contributed by atoms with Crippen molar-refractivity contribution in [2.24, 2.45) is 4.40 Å². The first kappa shape index (κ1) is 14.5. The van der Waals surface area contributed by atoms with Crippen LogP contribution in [0.5, 0.6) is 0 Å². The minimum atomic E-state index is -3.55. The largest absolute Gasteiger partial charge is 0.373 e. The molecule has 2 aliphatic heterocycles. The quantitative estimate of drug-likeness (QED) is 0.791. The zero-order valence-corrected chi connectivity index (χ0v) is 13.0. The van der Waals surface area contributed by atoms with Crippen LogP contribution in [0.25, 0.3) is 0 Å². The second-order valence-corrected chi connectivity index (χ2v) is 7.16. The van der Waals surface area contributed by atoms with Gasteiger partial charge in [0.1, 0.15) is 4.90 Å². The molecule has 21 heavy (non-hydrogen) atoms. The van der Waals surface area contributed by atoms with Crippen LogP contribution in [0.2, 0.25) is 0 Å². The molecule has 0 amide bonds. The van der Waals surface area contributed by atoms with E-state index in [9.17, 15) is 8.42 Å². The van der Waals surface area contributed by atoms with E-state index in [1.807, 2.05) is 31.1 Å². The third kappa shape index (κ3) is 2.81. The van der Waals surface area contributed by atoms with Crippen molar-refractivity contribution in [3.05, 3.63) is 29.8 Å². The second-order valence-electron chi connectivity index (χ2n) is 5.59. The zero-order valence-electron chi connectivity index (χ0n) is 12.2. The Balaban J connectivity index is 1.88. The molecule has 0 bridgehead atoms. The number of ether oxygens (including phenoxy) is 1. The van der Waals surface area contributed by atoms with E-state index in [4.69, 9.17) is 4.74 Å². The van der Waals surface area contributed by atoms with Crippen LogP contribution in [0.4, 0.5) is 0 Å². The van der Waals surface area contributed by atoms with Crippen molar-refractivity contribution in [3.63, 3.8) is 0 Å². The summed E-state index contributed by atoms with van der Waals surface area (Å²) < 4.78 is 33.9. The van der Waals surface area contributed by atoms with Gasteiger partial charge in [-0.2, -0.15) is 8.42 Å². The zero-order chi connectivity index (χ0) is 15.0. The Labute approximate surface area is 125 Å². The van der Waals surface area contributed by atoms with Gasteiger partial charge in [0.25, 0.3) is 10.0 Å². The maximum atomic E-state index is 12.1. The number of nitrogens with zero attached hydrogens (tertiary/aromatic N) is 3. The monoisotopic (exact) mass is 309 g/mol. The molecule has 7 heteroatoms. The smallest absolute Gasteiger partial charge is 0.285 e. The first-order valence-electron chi connectivity index (χ1n) is 6.93. The van der Waals surface area contributed by atoms with E-state index in [0.29, 0.717) is 36.0 Å². The minimum absolute atomic E-state index is 0.0620. The van der Waals surface area contributed by atoms with Gasteiger partial charge >= 0.3 is 0 Å². The Hall–Kier alpha value is -1.44. The van der Waals surface area contributed by atoms with Crippen LogP contribution in [0, 0.1) is 0 Å². The Morgan fingerprint density at radius 1 is 1.38 bits per heavy atom. The number of hydrogen-bond donors (Lipinski definition) is 0. The van der Waals surface area contributed by atoms with Crippen molar-refractivity contribution in [1.29, 1.82) is 0 Å². The summed E-state index contributed by atoms with van der Waals surface area (Å²) in [6, 6.07) is 6.99. The standard InChI is InChI=1S/C14H19N3O3S/c1-16(2)9-11-10-17(7-8-20-11)14-12-5-3-4-6-13(12)21(18,19)15-14/h3-6,11H,7-10H2,1-2H3. The molecule has 0 radical (unpaired) electrons. The van der Waals surface area contributed by atoms with Gasteiger partial charge < -0.3 is 14.5 Å². The van der Waals surface area contributed by atoms with E-state index in [1.54, 1.807) is 12.1 Å². The van der Waals surface area contributed by atoms with E-state index in [1.165, 1.54) is 0 Å². The van der Waals surface area contributed by atoms with Crippen LogP contribution in [0.3, 0.4) is 0 Å². The summed E-state index contributed by atoms with van der Waals surface area (Å²) in [4.78, 5) is 4.38. The van der Waals surface area contributed by atoms with Gasteiger partial charge in [-0.25, -0.2) is 0 Å². The average Bonchev–Trinajstić information content (AvgIpc) is 2.71. The Bertz CT molecular complexity index is 670. The SMILES string of the molecule is CN(C)CC1CN(C2=NS(=O)(=O)c3ccccc32)CCO1. The molecule has 2 aliphatic rings. The number of hydrogen-bond acceptors (Lipinski definition) is 5. The molecular formula is C14H19N3O3S. The highest BCUT2D eigenvalue weighted by Crippen LogP contribution is 2.28. The highest BCUT2D eigenvalue weighted by molar-refractivity contribution is 7.90. The fraction of sp³-hybridized carbons (Fsp3) is 0.500. The van der Waals surface area contributed by atoms with Crippen LogP contribution < -0.4 is 0 Å². The average molecular weight is 309 g/mol. The maximum absolute atomic E-state index is 12.1. The van der Waals surface area contributed by atoms with Gasteiger partial charge in [-0.05, 0) is 26.2 Å². The fourth-order valence-electron chi connectivity index (χ4n) is 2.75. The molecule has 2 heterocycles. The van der Waals surface area contributed by atoms with Gasteiger partial charge in [-0.3, -0.25) is 0 Å². The molecule has 0 aromatic heterocycles. The second kappa shape index (κ2) is 5.40. The summed E-state index contributed by atoms with van der Waals surface area (Å²) >= 11 is 0. The molecular weight excluding hydrogens is 290 g/mol. The fourth-order valence-corrected chi connectivity index (χ4v) is 3.97. The van der Waals surface area contributed by atoms with Gasteiger partial charge in [0.15, 0.2) is 5.84 Å². The highest BCUT2D eigenvalue weighted by Gasteiger charge is 2.33. The molecule has 114 valence electrons. The number of amidine groups is 1. The lowest BCUT2D eigenvalue weighted by Gasteiger charge is -2.35. The molecule has 1 unspecified atom stereocenters. The molecule has 1 saturated heterocycles. The third-order valence-electron chi connectivity index (χ3n) is 3.62. The summed E-state index contributed by atoms with van der Waals surface area (Å²) in [6.45, 7) is 2.70. The third-order valence-corrected chi connectivity index (χ3v) is 4.94. The van der Waals surface area contributed by atoms with Crippen LogP contribution >= 0.6 is 0 Å². The van der Waals surface area contributed by atoms with Crippen molar-refractivity contribution in [2.45, 2.75) is 11.0 Å². The van der Waals surface area contributed by atoms with Gasteiger partial charge in [-0.15, -0.1) is 4.40 Å². The van der Waals surface area contributed by atoms with E-state index < -0.39 is 10.0 Å². The Kier molecular flexibility index (Phi) is 3.73. The number of morpholine rings is 1. The predicted molar refractivity (Wildman–Crippen MR) is 80.0 cm³/mol. The van der Waals surface area contributed by atoms with E-state index in [-0.39, 0.29) is 6.10 Å². The van der Waals surface area contributed by atoms with Crippen molar-refractivity contribution >= 4 is 15.9 Å². The minimum Gasteiger partial charge on any atom is -0.373 e. The summed E-state index contributed by atoms with van der Waals surface area (Å²) in [5, 5.41) is 0. The van der Waals surface area contributed by atoms with Crippen molar-refractivity contribution in [1.82, 2.24) is 9.80 Å². The van der Waals surface area contributed by atoms with Crippen LogP contribution in [0.1, 0.15) is 5.56 Å². The van der Waals surface area contributed by atoms with Gasteiger partial charge in [0.05, 0.1) is 12.7 Å². The van der Waals surface area contributed by atoms with Crippen LogP contribution in [-0.2, 0) is 14.8 Å². The van der Waals surface area contributed by atoms with Crippen LogP contribution in [0.15, 0.2) is 33.6 Å². The molecule has 0 saturated carbocycles. The van der Waals surface area contributed by atoms with E-state index in [2.05, 4.69) is 9.30 Å². The summed E-state index contributed by atoms with van der Waals surface area (Å²) in [6.07, 6.45) is 0.0620. The Morgan fingerprint density at radius 2 is 2.14 bits per heavy atom. The van der Waals surface area contributed by atoms with E-state index >= 15 is 0 Å². The van der Waals surface area contributed by atoms with Crippen molar-refractivity contribution < 1.29 is 13.2 Å². The lowest BCUT2D eigenvalue weighted by molar-refractivity contribution is -0.0169. The van der Waals surface area contributed by atoms with E-state index in [0.717, 1.165) is 6.54 Å². The molecule has 0 N–H and O–H groups in total. The molecule has 0 aliphatic carbocycles. The molecule has 6 nitrogen and oxygen atoms in total. The number of fused-ring (bicyclic) bond motifs is 1. The molecule has 1 atom stereocenters. The van der Waals surface area contributed by atoms with Crippen molar-refractivity contribution in [2.75, 3.05) is 40.3 Å². The number of benzene rings is 1. The topological polar surface area (TPSA) is 62.2 Å². The van der Waals surface area contributed by atoms with Crippen LogP contribution in [-0.4, -0.2) is 70.5 Å². The normalized spacial score (nSPS) is 24.0. The molecule has 1 fully saturated rings. The maximum Gasteiger partial charge on any atom is 0.285 e. The summed E-state index contributed by atoms with van der Waals surface area (Å²) in [5.41, 5.74) is 0.697.